The molecule has 6 nitrogen and oxygen atoms in total. The summed E-state index contributed by atoms with van der Waals surface area (Å²) in [4.78, 5) is 15.2. The van der Waals surface area contributed by atoms with Crippen LogP contribution < -0.4 is 5.32 Å². The van der Waals surface area contributed by atoms with Crippen molar-refractivity contribution in [2.45, 2.75) is 38.2 Å². The van der Waals surface area contributed by atoms with Gasteiger partial charge in [-0.1, -0.05) is 6.92 Å². The first-order valence-corrected chi connectivity index (χ1v) is 7.26. The van der Waals surface area contributed by atoms with Crippen LogP contribution in [0.1, 0.15) is 32.6 Å². The van der Waals surface area contributed by atoms with Crippen LogP contribution in [0.2, 0.25) is 5.28 Å². The number of hydrogen-bond donors (Lipinski definition) is 3. The number of imidazole rings is 1. The predicted molar refractivity (Wildman–Crippen MR) is 77.8 cm³/mol. The van der Waals surface area contributed by atoms with Crippen molar-refractivity contribution in [3.63, 3.8) is 0 Å². The van der Waals surface area contributed by atoms with Gasteiger partial charge >= 0.3 is 0 Å². The molecule has 3 rings (SSSR count). The van der Waals surface area contributed by atoms with Gasteiger partial charge in [-0.25, -0.2) is 4.98 Å². The number of aliphatic hydroxyl groups is 1. The van der Waals surface area contributed by atoms with Gasteiger partial charge in [-0.3, -0.25) is 0 Å². The number of hydrogen-bond acceptors (Lipinski definition) is 5. The minimum Gasteiger partial charge on any atom is -0.388 e. The first-order chi connectivity index (χ1) is 9.56. The molecule has 0 atom stereocenters. The Morgan fingerprint density at radius 3 is 2.95 bits per heavy atom. The summed E-state index contributed by atoms with van der Waals surface area (Å²) >= 11 is 5.88. The number of H-pyrrole nitrogens is 1. The van der Waals surface area contributed by atoms with E-state index in [4.69, 9.17) is 11.6 Å². The fourth-order valence-corrected chi connectivity index (χ4v) is 2.82. The van der Waals surface area contributed by atoms with E-state index in [2.05, 4.69) is 32.2 Å². The molecular weight excluding hydrogens is 278 g/mol. The number of aromatic nitrogens is 4. The summed E-state index contributed by atoms with van der Waals surface area (Å²) in [5.41, 5.74) is 0.565. The molecule has 0 aromatic carbocycles. The van der Waals surface area contributed by atoms with Crippen LogP contribution in [-0.2, 0) is 0 Å². The molecule has 1 fully saturated rings. The second-order valence-electron chi connectivity index (χ2n) is 5.70. The van der Waals surface area contributed by atoms with Crippen molar-refractivity contribution < 1.29 is 5.11 Å². The Morgan fingerprint density at radius 1 is 1.45 bits per heavy atom. The Kier molecular flexibility index (Phi) is 3.52. The number of halogens is 1. The fourth-order valence-electron chi connectivity index (χ4n) is 2.66. The number of fused-ring (bicyclic) bond motifs is 1. The number of nitrogens with zero attached hydrogens (tertiary/aromatic N) is 3. The number of anilines is 1. The second-order valence-corrected chi connectivity index (χ2v) is 6.04. The lowest BCUT2D eigenvalue weighted by atomic mass is 9.79. The second kappa shape index (κ2) is 5.18. The highest BCUT2D eigenvalue weighted by Crippen LogP contribution is 2.32. The van der Waals surface area contributed by atoms with Crippen molar-refractivity contribution in [3.05, 3.63) is 11.6 Å². The van der Waals surface area contributed by atoms with Gasteiger partial charge in [-0.05, 0) is 43.2 Å². The molecule has 2 aromatic heterocycles. The topological polar surface area (TPSA) is 86.7 Å². The highest BCUT2D eigenvalue weighted by atomic mass is 35.5. The number of nitrogens with one attached hydrogen (secondary N) is 2. The minimum atomic E-state index is -0.670. The quantitative estimate of drug-likeness (QED) is 0.757. The highest BCUT2D eigenvalue weighted by Gasteiger charge is 2.31. The van der Waals surface area contributed by atoms with Crippen molar-refractivity contribution in [1.82, 2.24) is 19.9 Å². The molecule has 108 valence electrons. The first-order valence-electron chi connectivity index (χ1n) is 6.89. The largest absolute Gasteiger partial charge is 0.388 e. The maximum atomic E-state index is 10.6. The molecule has 20 heavy (non-hydrogen) atoms. The van der Waals surface area contributed by atoms with E-state index in [0.29, 0.717) is 29.4 Å². The third kappa shape index (κ3) is 2.71. The van der Waals surface area contributed by atoms with Gasteiger partial charge in [0.1, 0.15) is 5.52 Å². The Labute approximate surface area is 122 Å². The zero-order chi connectivity index (χ0) is 14.2. The molecule has 7 heteroatoms. The van der Waals surface area contributed by atoms with E-state index >= 15 is 0 Å². The zero-order valence-electron chi connectivity index (χ0n) is 11.4. The van der Waals surface area contributed by atoms with Gasteiger partial charge in [0.15, 0.2) is 11.5 Å². The molecule has 0 unspecified atom stereocenters. The number of rotatable bonds is 3. The van der Waals surface area contributed by atoms with E-state index in [9.17, 15) is 5.11 Å². The van der Waals surface area contributed by atoms with Crippen molar-refractivity contribution in [3.8, 4) is 0 Å². The molecule has 2 heterocycles. The molecule has 2 aromatic rings. The van der Waals surface area contributed by atoms with Crippen LogP contribution in [-0.4, -0.2) is 37.2 Å². The summed E-state index contributed by atoms with van der Waals surface area (Å²) in [6.07, 6.45) is 5.29. The Hall–Kier alpha value is -1.40. The van der Waals surface area contributed by atoms with Crippen LogP contribution in [0.5, 0.6) is 0 Å². The predicted octanol–water partition coefficient (Wildman–Crippen LogP) is 2.36. The normalized spacial score (nSPS) is 26.9. The van der Waals surface area contributed by atoms with E-state index in [1.54, 1.807) is 6.33 Å². The lowest BCUT2D eigenvalue weighted by Crippen LogP contribution is -2.40. The van der Waals surface area contributed by atoms with Crippen LogP contribution >= 0.6 is 11.6 Å². The van der Waals surface area contributed by atoms with Gasteiger partial charge < -0.3 is 15.4 Å². The summed E-state index contributed by atoms with van der Waals surface area (Å²) in [6, 6.07) is 0. The van der Waals surface area contributed by atoms with E-state index < -0.39 is 5.60 Å². The van der Waals surface area contributed by atoms with Crippen LogP contribution in [0.15, 0.2) is 6.33 Å². The molecule has 1 aliphatic rings. The van der Waals surface area contributed by atoms with Crippen LogP contribution in [0.4, 0.5) is 5.82 Å². The molecule has 0 aliphatic heterocycles. The SMILES string of the molecule is CC1CCC(O)(CNc2nc(Cl)nc3nc[nH]c23)CC1. The average Bonchev–Trinajstić information content (AvgIpc) is 2.88. The van der Waals surface area contributed by atoms with Gasteiger partial charge in [0, 0.05) is 6.54 Å². The zero-order valence-corrected chi connectivity index (χ0v) is 12.1. The van der Waals surface area contributed by atoms with Crippen LogP contribution in [0, 0.1) is 5.92 Å². The van der Waals surface area contributed by atoms with Gasteiger partial charge in [0.2, 0.25) is 5.28 Å². The maximum absolute atomic E-state index is 10.6. The molecule has 0 saturated heterocycles. The van der Waals surface area contributed by atoms with Gasteiger partial charge in [0.05, 0.1) is 11.9 Å². The van der Waals surface area contributed by atoms with Gasteiger partial charge in [-0.2, -0.15) is 9.97 Å². The summed E-state index contributed by atoms with van der Waals surface area (Å²) in [5.74, 6) is 1.28. The van der Waals surface area contributed by atoms with E-state index in [-0.39, 0.29) is 5.28 Å². The molecule has 1 aliphatic carbocycles. The van der Waals surface area contributed by atoms with E-state index in [1.165, 1.54) is 0 Å². The van der Waals surface area contributed by atoms with Crippen LogP contribution in [0.25, 0.3) is 11.2 Å². The third-order valence-electron chi connectivity index (χ3n) is 4.05. The minimum absolute atomic E-state index is 0.149. The molecule has 0 radical (unpaired) electrons. The van der Waals surface area contributed by atoms with E-state index in [1.807, 2.05) is 0 Å². The standard InChI is InChI=1S/C13H18ClN5O/c1-8-2-4-13(20,5-3-8)6-15-10-9-11(17-7-16-9)19-12(14)18-10/h7-8,20H,2-6H2,1H3,(H2,15,16,17,18,19). The maximum Gasteiger partial charge on any atom is 0.226 e. The smallest absolute Gasteiger partial charge is 0.226 e. The third-order valence-corrected chi connectivity index (χ3v) is 4.22. The molecule has 3 N–H and O–H groups in total. The van der Waals surface area contributed by atoms with Crippen molar-refractivity contribution in [2.24, 2.45) is 5.92 Å². The summed E-state index contributed by atoms with van der Waals surface area (Å²) in [6.45, 7) is 2.69. The monoisotopic (exact) mass is 295 g/mol. The van der Waals surface area contributed by atoms with Gasteiger partial charge in [-0.15, -0.1) is 0 Å². The van der Waals surface area contributed by atoms with Crippen molar-refractivity contribution in [1.29, 1.82) is 0 Å². The Bertz CT molecular complexity index is 606. The fraction of sp³-hybridized carbons (Fsp3) is 0.615. The Balaban J connectivity index is 1.75. The lowest BCUT2D eigenvalue weighted by Gasteiger charge is -2.35. The summed E-state index contributed by atoms with van der Waals surface area (Å²) < 4.78 is 0. The van der Waals surface area contributed by atoms with Crippen molar-refractivity contribution >= 4 is 28.6 Å². The first kappa shape index (κ1) is 13.6. The summed E-state index contributed by atoms with van der Waals surface area (Å²) in [5, 5.41) is 13.9. The molecular formula is C13H18ClN5O. The summed E-state index contributed by atoms with van der Waals surface area (Å²) in [7, 11) is 0. The molecule has 0 bridgehead atoms. The lowest BCUT2D eigenvalue weighted by molar-refractivity contribution is 0.00497. The molecule has 0 amide bonds. The van der Waals surface area contributed by atoms with Crippen LogP contribution in [0.3, 0.4) is 0 Å². The number of aromatic amines is 1. The average molecular weight is 296 g/mol. The van der Waals surface area contributed by atoms with E-state index in [0.717, 1.165) is 25.7 Å². The highest BCUT2D eigenvalue weighted by molar-refractivity contribution is 6.28. The van der Waals surface area contributed by atoms with Gasteiger partial charge in [0.25, 0.3) is 0 Å². The van der Waals surface area contributed by atoms with Crippen molar-refractivity contribution in [2.75, 3.05) is 11.9 Å². The Morgan fingerprint density at radius 2 is 2.20 bits per heavy atom. The molecule has 0 spiro atoms. The molecule has 1 saturated carbocycles.